The molecule has 0 radical (unpaired) electrons. The van der Waals surface area contributed by atoms with Crippen molar-refractivity contribution in [3.05, 3.63) is 29.9 Å². The van der Waals surface area contributed by atoms with Gasteiger partial charge in [-0.2, -0.15) is 0 Å². The Balaban J connectivity index is 2.71. The predicted molar refractivity (Wildman–Crippen MR) is 91.1 cm³/mol. The summed E-state index contributed by atoms with van der Waals surface area (Å²) < 4.78 is 10.5. The Labute approximate surface area is 143 Å². The molecule has 1 rings (SSSR count). The average Bonchev–Trinajstić information content (AvgIpc) is 2.40. The van der Waals surface area contributed by atoms with Crippen LogP contribution in [0.4, 0.5) is 0 Å². The summed E-state index contributed by atoms with van der Waals surface area (Å²) in [5.74, 6) is -0.749. The second kappa shape index (κ2) is 8.04. The van der Waals surface area contributed by atoms with Crippen molar-refractivity contribution >= 4 is 18.0 Å². The van der Waals surface area contributed by atoms with Crippen molar-refractivity contribution < 1.29 is 19.1 Å². The fourth-order valence-corrected chi connectivity index (χ4v) is 1.81. The van der Waals surface area contributed by atoms with E-state index in [-0.39, 0.29) is 12.4 Å². The molecule has 0 saturated heterocycles. The summed E-state index contributed by atoms with van der Waals surface area (Å²) in [7, 11) is 0. The number of esters is 2. The minimum absolute atomic E-state index is 0.198. The van der Waals surface area contributed by atoms with Crippen LogP contribution in [0.3, 0.4) is 0 Å². The van der Waals surface area contributed by atoms with Crippen LogP contribution in [0.25, 0.3) is 6.08 Å². The number of hydrogen-bond donors (Lipinski definition) is 0. The molecule has 0 unspecified atom stereocenters. The number of aryl methyl sites for hydroxylation is 1. The molecule has 1 aromatic rings. The van der Waals surface area contributed by atoms with Crippen molar-refractivity contribution in [2.75, 3.05) is 0 Å². The highest BCUT2D eigenvalue weighted by Crippen LogP contribution is 2.13. The maximum Gasteiger partial charge on any atom is 0.331 e. The molecule has 6 nitrogen and oxygen atoms in total. The minimum atomic E-state index is -0.552. The van der Waals surface area contributed by atoms with Gasteiger partial charge in [-0.15, -0.1) is 0 Å². The lowest BCUT2D eigenvalue weighted by Gasteiger charge is -2.19. The van der Waals surface area contributed by atoms with Crippen LogP contribution in [-0.4, -0.2) is 33.1 Å². The molecule has 24 heavy (non-hydrogen) atoms. The van der Waals surface area contributed by atoms with Gasteiger partial charge >= 0.3 is 11.9 Å². The van der Waals surface area contributed by atoms with E-state index < -0.39 is 17.2 Å². The molecule has 0 bridgehead atoms. The van der Waals surface area contributed by atoms with Gasteiger partial charge < -0.3 is 9.47 Å². The van der Waals surface area contributed by atoms with Crippen LogP contribution in [0.15, 0.2) is 18.5 Å². The van der Waals surface area contributed by atoms with Gasteiger partial charge in [0.25, 0.3) is 0 Å². The van der Waals surface area contributed by atoms with Gasteiger partial charge in [0.2, 0.25) is 0 Å². The first-order valence-corrected chi connectivity index (χ1v) is 7.89. The first kappa shape index (κ1) is 19.8. The van der Waals surface area contributed by atoms with Crippen molar-refractivity contribution in [1.82, 2.24) is 9.97 Å². The molecule has 0 N–H and O–H groups in total. The molecule has 0 amide bonds. The Morgan fingerprint density at radius 3 is 2.17 bits per heavy atom. The van der Waals surface area contributed by atoms with E-state index in [9.17, 15) is 9.59 Å². The molecule has 0 aliphatic heterocycles. The van der Waals surface area contributed by atoms with Gasteiger partial charge in [0, 0.05) is 24.9 Å². The number of hydrogen-bond acceptors (Lipinski definition) is 6. The van der Waals surface area contributed by atoms with Crippen LogP contribution < -0.4 is 0 Å². The third kappa shape index (κ3) is 8.41. The number of rotatable bonds is 5. The topological polar surface area (TPSA) is 78.4 Å². The molecule has 1 heterocycles. The van der Waals surface area contributed by atoms with E-state index in [1.54, 1.807) is 33.0 Å². The Hall–Kier alpha value is -2.24. The van der Waals surface area contributed by atoms with Crippen molar-refractivity contribution in [1.29, 1.82) is 0 Å². The highest BCUT2D eigenvalue weighted by atomic mass is 16.6. The Morgan fingerprint density at radius 2 is 1.58 bits per heavy atom. The summed E-state index contributed by atoms with van der Waals surface area (Å²) in [6.07, 6.45) is 6.53. The van der Waals surface area contributed by atoms with Crippen LogP contribution in [0.2, 0.25) is 0 Å². The number of carbonyl (C=O) groups is 2. The monoisotopic (exact) mass is 334 g/mol. The molecule has 1 aromatic heterocycles. The zero-order chi connectivity index (χ0) is 18.4. The lowest BCUT2D eigenvalue weighted by atomic mass is 10.1. The van der Waals surface area contributed by atoms with E-state index >= 15 is 0 Å². The maximum atomic E-state index is 11.8. The molecule has 0 aliphatic rings. The second-order valence-electron chi connectivity index (χ2n) is 7.34. The second-order valence-corrected chi connectivity index (χ2v) is 7.34. The summed E-state index contributed by atoms with van der Waals surface area (Å²) in [6, 6.07) is 0. The molecule has 132 valence electrons. The first-order chi connectivity index (χ1) is 11.0. The van der Waals surface area contributed by atoms with Gasteiger partial charge in [-0.3, -0.25) is 14.8 Å². The molecule has 0 saturated carbocycles. The van der Waals surface area contributed by atoms with Gasteiger partial charge in [0.1, 0.15) is 11.2 Å². The van der Waals surface area contributed by atoms with Crippen LogP contribution in [0, 0.1) is 0 Å². The van der Waals surface area contributed by atoms with Gasteiger partial charge in [-0.05, 0) is 47.6 Å². The fourth-order valence-electron chi connectivity index (χ4n) is 1.81. The summed E-state index contributed by atoms with van der Waals surface area (Å²) in [6.45, 7) is 10.9. The van der Waals surface area contributed by atoms with E-state index in [2.05, 4.69) is 9.97 Å². The van der Waals surface area contributed by atoms with Crippen molar-refractivity contribution in [2.45, 2.75) is 65.6 Å². The van der Waals surface area contributed by atoms with Crippen LogP contribution in [0.5, 0.6) is 0 Å². The van der Waals surface area contributed by atoms with E-state index in [0.29, 0.717) is 17.8 Å². The first-order valence-electron chi connectivity index (χ1n) is 7.89. The lowest BCUT2D eigenvalue weighted by Crippen LogP contribution is -2.24. The maximum absolute atomic E-state index is 11.8. The molecule has 0 atom stereocenters. The Kier molecular flexibility index (Phi) is 6.63. The third-order valence-electron chi connectivity index (χ3n) is 2.58. The average molecular weight is 334 g/mol. The zero-order valence-corrected chi connectivity index (χ0v) is 15.3. The van der Waals surface area contributed by atoms with Crippen LogP contribution in [-0.2, 0) is 25.5 Å². The Morgan fingerprint density at radius 1 is 1.00 bits per heavy atom. The van der Waals surface area contributed by atoms with Gasteiger partial charge in [0.05, 0.1) is 17.8 Å². The number of aromatic nitrogens is 2. The van der Waals surface area contributed by atoms with Crippen LogP contribution >= 0.6 is 0 Å². The SMILES string of the molecule is CC(C)(C)OC(=O)/C=C/c1nccnc1CCC(=O)OC(C)(C)C. The lowest BCUT2D eigenvalue weighted by molar-refractivity contribution is -0.154. The van der Waals surface area contributed by atoms with Gasteiger partial charge in [-0.25, -0.2) is 4.79 Å². The normalized spacial score (nSPS) is 12.2. The third-order valence-corrected chi connectivity index (χ3v) is 2.58. The van der Waals surface area contributed by atoms with E-state index in [1.165, 1.54) is 12.3 Å². The van der Waals surface area contributed by atoms with Crippen LogP contribution in [0.1, 0.15) is 59.4 Å². The molecular formula is C18H26N2O4. The molecule has 0 aliphatic carbocycles. The van der Waals surface area contributed by atoms with E-state index in [4.69, 9.17) is 9.47 Å². The highest BCUT2D eigenvalue weighted by Gasteiger charge is 2.17. The smallest absolute Gasteiger partial charge is 0.331 e. The highest BCUT2D eigenvalue weighted by molar-refractivity contribution is 5.87. The predicted octanol–water partition coefficient (Wildman–Crippen LogP) is 3.11. The number of nitrogens with zero attached hydrogens (tertiary/aromatic N) is 2. The van der Waals surface area contributed by atoms with Gasteiger partial charge in [-0.1, -0.05) is 0 Å². The summed E-state index contributed by atoms with van der Waals surface area (Å²) >= 11 is 0. The standard InChI is InChI=1S/C18H26N2O4/c1-17(2,3)23-15(21)9-7-13-14(20-12-11-19-13)8-10-16(22)24-18(4,5)6/h7,9,11-12H,8,10H2,1-6H3/b9-7+. The van der Waals surface area contributed by atoms with E-state index in [0.717, 1.165) is 0 Å². The quantitative estimate of drug-likeness (QED) is 0.608. The fraction of sp³-hybridized carbons (Fsp3) is 0.556. The summed E-state index contributed by atoms with van der Waals surface area (Å²) in [5, 5.41) is 0. The number of ether oxygens (including phenoxy) is 2. The van der Waals surface area contributed by atoms with Crippen molar-refractivity contribution in [2.24, 2.45) is 0 Å². The largest absolute Gasteiger partial charge is 0.460 e. The summed E-state index contributed by atoms with van der Waals surface area (Å²) in [5.41, 5.74) is 0.0949. The molecule has 0 fully saturated rings. The number of carbonyl (C=O) groups excluding carboxylic acids is 2. The van der Waals surface area contributed by atoms with E-state index in [1.807, 2.05) is 20.8 Å². The zero-order valence-electron chi connectivity index (χ0n) is 15.3. The summed E-state index contributed by atoms with van der Waals surface area (Å²) in [4.78, 5) is 32.0. The minimum Gasteiger partial charge on any atom is -0.460 e. The Bertz CT molecular complexity index is 610. The molecular weight excluding hydrogens is 308 g/mol. The van der Waals surface area contributed by atoms with Crippen molar-refractivity contribution in [3.8, 4) is 0 Å². The van der Waals surface area contributed by atoms with Crippen molar-refractivity contribution in [3.63, 3.8) is 0 Å². The molecule has 6 heteroatoms. The molecule has 0 aromatic carbocycles. The molecule has 0 spiro atoms. The van der Waals surface area contributed by atoms with Gasteiger partial charge in [0.15, 0.2) is 0 Å².